The summed E-state index contributed by atoms with van der Waals surface area (Å²) in [4.78, 5) is 24.2. The van der Waals surface area contributed by atoms with Crippen LogP contribution in [0.5, 0.6) is 11.5 Å². The zero-order chi connectivity index (χ0) is 18.7. The quantitative estimate of drug-likeness (QED) is 0.656. The molecule has 2 aromatic rings. The highest BCUT2D eigenvalue weighted by molar-refractivity contribution is 6.33. The van der Waals surface area contributed by atoms with Crippen molar-refractivity contribution in [2.24, 2.45) is 0 Å². The van der Waals surface area contributed by atoms with E-state index in [0.717, 1.165) is 0 Å². The second-order valence-corrected chi connectivity index (χ2v) is 5.40. The maximum atomic E-state index is 12.5. The average Bonchev–Trinajstić information content (AvgIpc) is 2.60. The monoisotopic (exact) mass is 359 g/mol. The minimum Gasteiger partial charge on any atom is -0.490 e. The smallest absolute Gasteiger partial charge is 0.387 e. The molecule has 1 aliphatic rings. The van der Waals surface area contributed by atoms with E-state index >= 15 is 0 Å². The Morgan fingerprint density at radius 3 is 2.46 bits per heavy atom. The highest BCUT2D eigenvalue weighted by atomic mass is 19.3. The first-order valence-corrected chi connectivity index (χ1v) is 7.88. The van der Waals surface area contributed by atoms with E-state index < -0.39 is 18.4 Å². The largest absolute Gasteiger partial charge is 0.490 e. The predicted molar refractivity (Wildman–Crippen MR) is 91.0 cm³/mol. The average molecular weight is 359 g/mol. The minimum absolute atomic E-state index is 0.0901. The first-order chi connectivity index (χ1) is 12.5. The molecule has 2 aromatic carbocycles. The molecule has 2 amide bonds. The summed E-state index contributed by atoms with van der Waals surface area (Å²) in [6, 6.07) is 11.1. The number of fused-ring (bicyclic) bond motifs is 1. The zero-order valence-corrected chi connectivity index (χ0v) is 13.8. The Hall–Kier alpha value is -3.22. The first kappa shape index (κ1) is 17.6. The molecule has 0 aliphatic carbocycles. The molecule has 3 rings (SSSR count). The second-order valence-electron chi connectivity index (χ2n) is 5.40. The van der Waals surface area contributed by atoms with Crippen LogP contribution in [0.3, 0.4) is 0 Å². The summed E-state index contributed by atoms with van der Waals surface area (Å²) in [5, 5.41) is 2.28. The van der Waals surface area contributed by atoms with Crippen molar-refractivity contribution in [1.29, 1.82) is 0 Å². The number of carbonyl (C=O) groups is 2. The van der Waals surface area contributed by atoms with Crippen LogP contribution in [-0.4, -0.2) is 25.0 Å². The van der Waals surface area contributed by atoms with E-state index in [-0.39, 0.29) is 18.1 Å². The molecule has 0 spiro atoms. The van der Waals surface area contributed by atoms with Gasteiger partial charge in [-0.15, -0.1) is 0 Å². The third kappa shape index (κ3) is 3.56. The van der Waals surface area contributed by atoms with Crippen molar-refractivity contribution >= 4 is 23.5 Å². The van der Waals surface area contributed by atoms with E-state index in [1.54, 1.807) is 37.3 Å². The van der Waals surface area contributed by atoms with Gasteiger partial charge in [-0.05, 0) is 42.3 Å². The van der Waals surface area contributed by atoms with Gasteiger partial charge in [-0.25, -0.2) is 0 Å². The lowest BCUT2D eigenvalue weighted by Crippen LogP contribution is -2.36. The van der Waals surface area contributed by atoms with Crippen LogP contribution >= 0.6 is 0 Å². The van der Waals surface area contributed by atoms with Gasteiger partial charge in [0, 0.05) is 11.1 Å². The van der Waals surface area contributed by atoms with Crippen molar-refractivity contribution in [2.75, 3.05) is 6.61 Å². The standard InChI is InChI=1S/C19H15F2NO4/c1-2-25-16-10-11(7-8-15(16)26-19(20)21)9-14-12-5-3-4-6-13(12)17(23)22-18(14)24/h3-10,19H,2H2,1H3,(H,22,23,24)/b14-9+. The van der Waals surface area contributed by atoms with Gasteiger partial charge >= 0.3 is 6.61 Å². The number of benzene rings is 2. The van der Waals surface area contributed by atoms with Crippen molar-refractivity contribution in [3.63, 3.8) is 0 Å². The minimum atomic E-state index is -2.97. The fraction of sp³-hybridized carbons (Fsp3) is 0.158. The number of imide groups is 1. The maximum absolute atomic E-state index is 12.5. The molecule has 0 radical (unpaired) electrons. The topological polar surface area (TPSA) is 64.6 Å². The number of rotatable bonds is 5. The van der Waals surface area contributed by atoms with Crippen LogP contribution in [0.1, 0.15) is 28.4 Å². The van der Waals surface area contributed by atoms with Gasteiger partial charge in [0.25, 0.3) is 11.8 Å². The van der Waals surface area contributed by atoms with E-state index in [0.29, 0.717) is 22.3 Å². The molecule has 1 N–H and O–H groups in total. The van der Waals surface area contributed by atoms with E-state index in [1.807, 2.05) is 0 Å². The van der Waals surface area contributed by atoms with Gasteiger partial charge in [-0.3, -0.25) is 14.9 Å². The Balaban J connectivity index is 2.04. The van der Waals surface area contributed by atoms with Gasteiger partial charge in [-0.1, -0.05) is 24.3 Å². The van der Waals surface area contributed by atoms with E-state index in [2.05, 4.69) is 10.1 Å². The van der Waals surface area contributed by atoms with Gasteiger partial charge < -0.3 is 9.47 Å². The predicted octanol–water partition coefficient (Wildman–Crippen LogP) is 3.50. The molecule has 0 saturated heterocycles. The summed E-state index contributed by atoms with van der Waals surface area (Å²) in [5.41, 5.74) is 1.74. The van der Waals surface area contributed by atoms with Crippen molar-refractivity contribution in [1.82, 2.24) is 5.32 Å². The SMILES string of the molecule is CCOc1cc(/C=C2/C(=O)NC(=O)c3ccccc32)ccc1OC(F)F. The number of hydrogen-bond donors (Lipinski definition) is 1. The number of amides is 2. The summed E-state index contributed by atoms with van der Waals surface area (Å²) >= 11 is 0. The molecular formula is C19H15F2NO4. The van der Waals surface area contributed by atoms with Crippen molar-refractivity contribution in [2.45, 2.75) is 13.5 Å². The van der Waals surface area contributed by atoms with Crippen LogP contribution in [0, 0.1) is 0 Å². The molecule has 0 aromatic heterocycles. The van der Waals surface area contributed by atoms with Crippen molar-refractivity contribution < 1.29 is 27.8 Å². The molecule has 0 unspecified atom stereocenters. The van der Waals surface area contributed by atoms with E-state index in [4.69, 9.17) is 4.74 Å². The summed E-state index contributed by atoms with van der Waals surface area (Å²) in [7, 11) is 0. The van der Waals surface area contributed by atoms with Crippen molar-refractivity contribution in [3.05, 3.63) is 59.2 Å². The van der Waals surface area contributed by atoms with Crippen LogP contribution in [0.25, 0.3) is 11.6 Å². The number of nitrogens with one attached hydrogen (secondary N) is 1. The summed E-state index contributed by atoms with van der Waals surface area (Å²) < 4.78 is 34.8. The lowest BCUT2D eigenvalue weighted by atomic mass is 9.93. The third-order valence-corrected chi connectivity index (χ3v) is 3.73. The lowest BCUT2D eigenvalue weighted by molar-refractivity contribution is -0.114. The van der Waals surface area contributed by atoms with E-state index in [1.165, 1.54) is 18.2 Å². The number of alkyl halides is 2. The van der Waals surface area contributed by atoms with Crippen LogP contribution in [0.2, 0.25) is 0 Å². The van der Waals surface area contributed by atoms with Crippen LogP contribution in [0.15, 0.2) is 42.5 Å². The van der Waals surface area contributed by atoms with Gasteiger partial charge in [0.05, 0.1) is 6.61 Å². The Kier molecular flexibility index (Phi) is 4.97. The molecule has 26 heavy (non-hydrogen) atoms. The molecule has 0 atom stereocenters. The maximum Gasteiger partial charge on any atom is 0.387 e. The normalized spacial score (nSPS) is 15.0. The first-order valence-electron chi connectivity index (χ1n) is 7.88. The molecule has 1 aliphatic heterocycles. The molecule has 5 nitrogen and oxygen atoms in total. The third-order valence-electron chi connectivity index (χ3n) is 3.73. The van der Waals surface area contributed by atoms with Crippen LogP contribution < -0.4 is 14.8 Å². The van der Waals surface area contributed by atoms with Crippen LogP contribution in [-0.2, 0) is 4.79 Å². The van der Waals surface area contributed by atoms with Gasteiger partial charge in [-0.2, -0.15) is 8.78 Å². The Bertz CT molecular complexity index is 893. The van der Waals surface area contributed by atoms with Crippen molar-refractivity contribution in [3.8, 4) is 11.5 Å². The lowest BCUT2D eigenvalue weighted by Gasteiger charge is -2.18. The molecule has 0 saturated carbocycles. The number of ether oxygens (including phenoxy) is 2. The highest BCUT2D eigenvalue weighted by Gasteiger charge is 2.26. The zero-order valence-electron chi connectivity index (χ0n) is 13.8. The molecule has 0 bridgehead atoms. The Morgan fingerprint density at radius 2 is 1.77 bits per heavy atom. The highest BCUT2D eigenvalue weighted by Crippen LogP contribution is 2.32. The Morgan fingerprint density at radius 1 is 1.04 bits per heavy atom. The van der Waals surface area contributed by atoms with E-state index in [9.17, 15) is 18.4 Å². The fourth-order valence-corrected chi connectivity index (χ4v) is 2.66. The van der Waals surface area contributed by atoms with Gasteiger partial charge in [0.15, 0.2) is 11.5 Å². The van der Waals surface area contributed by atoms with Crippen LogP contribution in [0.4, 0.5) is 8.78 Å². The molecular weight excluding hydrogens is 344 g/mol. The fourth-order valence-electron chi connectivity index (χ4n) is 2.66. The van der Waals surface area contributed by atoms with Gasteiger partial charge in [0.1, 0.15) is 0 Å². The molecule has 1 heterocycles. The summed E-state index contributed by atoms with van der Waals surface area (Å²) in [6.45, 7) is -0.994. The number of halogens is 2. The Labute approximate surface area is 148 Å². The van der Waals surface area contributed by atoms with Gasteiger partial charge in [0.2, 0.25) is 0 Å². The summed E-state index contributed by atoms with van der Waals surface area (Å²) in [6.07, 6.45) is 1.56. The molecule has 0 fully saturated rings. The number of hydrogen-bond acceptors (Lipinski definition) is 4. The second kappa shape index (κ2) is 7.35. The summed E-state index contributed by atoms with van der Waals surface area (Å²) in [5.74, 6) is -0.937. The number of carbonyl (C=O) groups excluding carboxylic acids is 2. The molecule has 134 valence electrons. The molecule has 7 heteroatoms.